The zero-order valence-electron chi connectivity index (χ0n) is 17.0. The maximum absolute atomic E-state index is 11.4. The van der Waals surface area contributed by atoms with Crippen LogP contribution in [-0.2, 0) is 14.1 Å². The molecule has 0 spiro atoms. The minimum atomic E-state index is -0.416. The number of aromatic nitrogens is 2. The van der Waals surface area contributed by atoms with Crippen LogP contribution in [0.4, 0.5) is 0 Å². The number of carbonyl (C=O) groups is 1. The van der Waals surface area contributed by atoms with E-state index in [1.54, 1.807) is 18.7 Å². The predicted molar refractivity (Wildman–Crippen MR) is 108 cm³/mol. The molecule has 2 aliphatic heterocycles. The summed E-state index contributed by atoms with van der Waals surface area (Å²) in [6, 6.07) is 0. The fourth-order valence-electron chi connectivity index (χ4n) is 3.35. The molecule has 0 aromatic carbocycles. The van der Waals surface area contributed by atoms with Gasteiger partial charge in [-0.1, -0.05) is 11.8 Å². The second kappa shape index (κ2) is 8.09. The molecule has 0 saturated carbocycles. The van der Waals surface area contributed by atoms with Crippen molar-refractivity contribution < 1.29 is 14.1 Å². The van der Waals surface area contributed by atoms with Gasteiger partial charge in [-0.15, -0.1) is 0 Å². The third-order valence-corrected chi connectivity index (χ3v) is 6.90. The summed E-state index contributed by atoms with van der Waals surface area (Å²) < 4.78 is 12.1. The maximum atomic E-state index is 11.4. The number of rotatable bonds is 5. The second-order valence-electron chi connectivity index (χ2n) is 8.47. The van der Waals surface area contributed by atoms with Gasteiger partial charge in [-0.05, 0) is 52.9 Å². The Bertz CT molecular complexity index is 645. The standard InChI is InChI=1S/C19H30BN3O3S/c1-14(24)23-9-6-15(7-10-23)8-11-27-17-21-12-16(13-22-17)20-25-18(2,3)19(4,5)26-20/h12-13,15H,6-11H2,1-5H3. The molecule has 2 saturated heterocycles. The van der Waals surface area contributed by atoms with E-state index in [-0.39, 0.29) is 17.1 Å². The summed E-state index contributed by atoms with van der Waals surface area (Å²) in [5, 5.41) is 0.788. The minimum absolute atomic E-state index is 0.193. The normalized spacial score (nSPS) is 22.3. The Morgan fingerprint density at radius 1 is 1.19 bits per heavy atom. The largest absolute Gasteiger partial charge is 0.498 e. The Kier molecular flexibility index (Phi) is 6.18. The molecule has 27 heavy (non-hydrogen) atoms. The molecule has 0 unspecified atom stereocenters. The van der Waals surface area contributed by atoms with Gasteiger partial charge in [0.05, 0.1) is 11.2 Å². The molecule has 148 valence electrons. The molecule has 0 aliphatic carbocycles. The molecule has 1 aromatic heterocycles. The third kappa shape index (κ3) is 4.84. The van der Waals surface area contributed by atoms with Gasteiger partial charge in [-0.3, -0.25) is 4.79 Å². The predicted octanol–water partition coefficient (Wildman–Crippen LogP) is 2.52. The summed E-state index contributed by atoms with van der Waals surface area (Å²) in [6.45, 7) is 11.6. The van der Waals surface area contributed by atoms with Crippen LogP contribution in [0.1, 0.15) is 53.9 Å². The zero-order chi connectivity index (χ0) is 19.7. The average molecular weight is 391 g/mol. The Hall–Kier alpha value is -1.12. The van der Waals surface area contributed by atoms with Crippen molar-refractivity contribution in [1.82, 2.24) is 14.9 Å². The lowest BCUT2D eigenvalue weighted by molar-refractivity contribution is -0.130. The summed E-state index contributed by atoms with van der Waals surface area (Å²) in [7, 11) is -0.416. The number of nitrogens with zero attached hydrogens (tertiary/aromatic N) is 3. The van der Waals surface area contributed by atoms with Crippen LogP contribution in [0, 0.1) is 5.92 Å². The molecule has 8 heteroatoms. The molecule has 0 atom stereocenters. The topological polar surface area (TPSA) is 64.6 Å². The molecule has 1 amide bonds. The molecule has 3 rings (SSSR count). The monoisotopic (exact) mass is 391 g/mol. The van der Waals surface area contributed by atoms with Gasteiger partial charge in [0.15, 0.2) is 5.16 Å². The molecule has 0 radical (unpaired) electrons. The Morgan fingerprint density at radius 3 is 2.26 bits per heavy atom. The Labute approximate surface area is 166 Å². The maximum Gasteiger partial charge on any atom is 0.498 e. The molecule has 6 nitrogen and oxygen atoms in total. The van der Waals surface area contributed by atoms with Crippen LogP contribution in [0.2, 0.25) is 0 Å². The van der Waals surface area contributed by atoms with Crippen molar-refractivity contribution >= 4 is 30.3 Å². The van der Waals surface area contributed by atoms with Crippen molar-refractivity contribution in [3.05, 3.63) is 12.4 Å². The van der Waals surface area contributed by atoms with Crippen LogP contribution in [0.15, 0.2) is 17.6 Å². The van der Waals surface area contributed by atoms with E-state index in [9.17, 15) is 4.79 Å². The van der Waals surface area contributed by atoms with Crippen LogP contribution in [0.3, 0.4) is 0 Å². The van der Waals surface area contributed by atoms with Crippen LogP contribution in [0.5, 0.6) is 0 Å². The van der Waals surface area contributed by atoms with Gasteiger partial charge in [0.1, 0.15) is 0 Å². The van der Waals surface area contributed by atoms with E-state index in [0.29, 0.717) is 5.92 Å². The Balaban J connectivity index is 1.45. The summed E-state index contributed by atoms with van der Waals surface area (Å²) in [5.41, 5.74) is 0.140. The summed E-state index contributed by atoms with van der Waals surface area (Å²) in [6.07, 6.45) is 6.95. The van der Waals surface area contributed by atoms with Crippen LogP contribution in [-0.4, -0.2) is 57.9 Å². The highest BCUT2D eigenvalue weighted by Crippen LogP contribution is 2.36. The van der Waals surface area contributed by atoms with E-state index in [0.717, 1.165) is 48.7 Å². The highest BCUT2D eigenvalue weighted by Gasteiger charge is 2.51. The first kappa shape index (κ1) is 20.6. The molecule has 2 aliphatic rings. The lowest BCUT2D eigenvalue weighted by Crippen LogP contribution is -2.41. The van der Waals surface area contributed by atoms with Crippen LogP contribution in [0.25, 0.3) is 0 Å². The number of hydrogen-bond donors (Lipinski definition) is 0. The number of thioether (sulfide) groups is 1. The average Bonchev–Trinajstić information content (AvgIpc) is 2.83. The number of amides is 1. The van der Waals surface area contributed by atoms with Gasteiger partial charge in [-0.2, -0.15) is 0 Å². The number of likely N-dealkylation sites (tertiary alicyclic amines) is 1. The van der Waals surface area contributed by atoms with Crippen LogP contribution >= 0.6 is 11.8 Å². The van der Waals surface area contributed by atoms with Crippen molar-refractivity contribution in [1.29, 1.82) is 0 Å². The molecule has 0 bridgehead atoms. The minimum Gasteiger partial charge on any atom is -0.399 e. The van der Waals surface area contributed by atoms with E-state index in [4.69, 9.17) is 9.31 Å². The van der Waals surface area contributed by atoms with Crippen molar-refractivity contribution in [3.63, 3.8) is 0 Å². The third-order valence-electron chi connectivity index (χ3n) is 5.99. The quantitative estimate of drug-likeness (QED) is 0.437. The first-order valence-corrected chi connectivity index (χ1v) is 10.7. The van der Waals surface area contributed by atoms with Crippen molar-refractivity contribution in [2.45, 2.75) is 70.2 Å². The van der Waals surface area contributed by atoms with Crippen molar-refractivity contribution in [2.75, 3.05) is 18.8 Å². The lowest BCUT2D eigenvalue weighted by atomic mass is 9.81. The molecule has 1 aromatic rings. The van der Waals surface area contributed by atoms with Crippen molar-refractivity contribution in [3.8, 4) is 0 Å². The summed E-state index contributed by atoms with van der Waals surface area (Å²) >= 11 is 1.69. The smallest absolute Gasteiger partial charge is 0.399 e. The lowest BCUT2D eigenvalue weighted by Gasteiger charge is -2.32. The van der Waals surface area contributed by atoms with E-state index >= 15 is 0 Å². The van der Waals surface area contributed by atoms with E-state index in [2.05, 4.69) is 9.97 Å². The van der Waals surface area contributed by atoms with Gasteiger partial charge >= 0.3 is 7.12 Å². The first-order valence-electron chi connectivity index (χ1n) is 9.74. The van der Waals surface area contributed by atoms with E-state index < -0.39 is 7.12 Å². The van der Waals surface area contributed by atoms with Gasteiger partial charge in [0.25, 0.3) is 0 Å². The summed E-state index contributed by atoms with van der Waals surface area (Å²) in [5.74, 6) is 1.89. The number of piperidine rings is 1. The van der Waals surface area contributed by atoms with Crippen molar-refractivity contribution in [2.24, 2.45) is 5.92 Å². The first-order chi connectivity index (χ1) is 12.7. The second-order valence-corrected chi connectivity index (χ2v) is 9.54. The SMILES string of the molecule is CC(=O)N1CCC(CCSc2ncc(B3OC(C)(C)C(C)(C)O3)cn2)CC1. The van der Waals surface area contributed by atoms with Gasteiger partial charge in [0.2, 0.25) is 5.91 Å². The molecular formula is C19H30BN3O3S. The van der Waals surface area contributed by atoms with E-state index in [1.807, 2.05) is 45.0 Å². The van der Waals surface area contributed by atoms with E-state index in [1.165, 1.54) is 0 Å². The fraction of sp³-hybridized carbons (Fsp3) is 0.737. The number of hydrogen-bond acceptors (Lipinski definition) is 6. The fourth-order valence-corrected chi connectivity index (χ4v) is 4.24. The Morgan fingerprint density at radius 2 is 1.74 bits per heavy atom. The molecular weight excluding hydrogens is 361 g/mol. The van der Waals surface area contributed by atoms with Crippen LogP contribution < -0.4 is 5.46 Å². The van der Waals surface area contributed by atoms with Gasteiger partial charge in [-0.25, -0.2) is 9.97 Å². The highest BCUT2D eigenvalue weighted by molar-refractivity contribution is 7.99. The van der Waals surface area contributed by atoms with Gasteiger partial charge < -0.3 is 14.2 Å². The van der Waals surface area contributed by atoms with Gasteiger partial charge in [0, 0.05) is 43.6 Å². The highest BCUT2D eigenvalue weighted by atomic mass is 32.2. The molecule has 2 fully saturated rings. The molecule has 3 heterocycles. The zero-order valence-corrected chi connectivity index (χ0v) is 17.8. The molecule has 0 N–H and O–H groups in total. The summed E-state index contributed by atoms with van der Waals surface area (Å²) in [4.78, 5) is 22.3. The number of carbonyl (C=O) groups excluding carboxylic acids is 1.